The number of hydrogen-bond donors (Lipinski definition) is 1. The monoisotopic (exact) mass is 276 g/mol. The molecule has 0 radical (unpaired) electrons. The maximum atomic E-state index is 12.0. The summed E-state index contributed by atoms with van der Waals surface area (Å²) >= 11 is 0. The van der Waals surface area contributed by atoms with Gasteiger partial charge in [-0.15, -0.1) is 0 Å². The quantitative estimate of drug-likeness (QED) is 0.882. The van der Waals surface area contributed by atoms with Crippen LogP contribution in [0, 0.1) is 0 Å². The van der Waals surface area contributed by atoms with Crippen LogP contribution in [0.5, 0.6) is 0 Å². The Bertz CT molecular complexity index is 455. The van der Waals surface area contributed by atoms with Crippen LogP contribution in [0.1, 0.15) is 19.3 Å². The van der Waals surface area contributed by atoms with E-state index in [1.807, 2.05) is 30.3 Å². The van der Waals surface area contributed by atoms with E-state index in [4.69, 9.17) is 4.74 Å². The highest BCUT2D eigenvalue weighted by Crippen LogP contribution is 2.13. The summed E-state index contributed by atoms with van der Waals surface area (Å²) in [5.41, 5.74) is 0.850. The number of para-hydroxylation sites is 1. The SMILES string of the molecule is CN(C(=O)CCNC(=O)[C@H]1CCCO1)c1ccccc1. The number of carbonyl (C=O) groups excluding carboxylic acids is 2. The largest absolute Gasteiger partial charge is 0.368 e. The first-order valence-electron chi connectivity index (χ1n) is 6.89. The molecular weight excluding hydrogens is 256 g/mol. The molecule has 1 aromatic carbocycles. The Morgan fingerprint density at radius 1 is 1.35 bits per heavy atom. The van der Waals surface area contributed by atoms with Crippen LogP contribution >= 0.6 is 0 Å². The van der Waals surface area contributed by atoms with Gasteiger partial charge in [-0.2, -0.15) is 0 Å². The Morgan fingerprint density at radius 3 is 2.75 bits per heavy atom. The van der Waals surface area contributed by atoms with E-state index in [-0.39, 0.29) is 24.3 Å². The van der Waals surface area contributed by atoms with Gasteiger partial charge in [-0.05, 0) is 25.0 Å². The van der Waals surface area contributed by atoms with E-state index in [1.165, 1.54) is 0 Å². The normalized spacial score (nSPS) is 17.8. The van der Waals surface area contributed by atoms with Gasteiger partial charge in [0.2, 0.25) is 11.8 Å². The number of nitrogens with zero attached hydrogens (tertiary/aromatic N) is 1. The first-order chi connectivity index (χ1) is 9.68. The van der Waals surface area contributed by atoms with Gasteiger partial charge in [0.25, 0.3) is 0 Å². The molecule has 0 saturated carbocycles. The number of ether oxygens (including phenoxy) is 1. The zero-order chi connectivity index (χ0) is 14.4. The predicted molar refractivity (Wildman–Crippen MR) is 76.5 cm³/mol. The standard InChI is InChI=1S/C15H20N2O3/c1-17(12-6-3-2-4-7-12)14(18)9-10-16-15(19)13-8-5-11-20-13/h2-4,6-7,13H,5,8-11H2,1H3,(H,16,19)/t13-/m1/s1. The van der Waals surface area contributed by atoms with Crippen LogP contribution in [0.2, 0.25) is 0 Å². The van der Waals surface area contributed by atoms with E-state index in [9.17, 15) is 9.59 Å². The molecule has 0 aliphatic carbocycles. The molecule has 1 aromatic rings. The third kappa shape index (κ3) is 3.81. The molecule has 20 heavy (non-hydrogen) atoms. The lowest BCUT2D eigenvalue weighted by molar-refractivity contribution is -0.130. The molecule has 1 aliphatic heterocycles. The molecule has 1 N–H and O–H groups in total. The lowest BCUT2D eigenvalue weighted by Crippen LogP contribution is -2.37. The van der Waals surface area contributed by atoms with E-state index in [0.29, 0.717) is 13.2 Å². The lowest BCUT2D eigenvalue weighted by Gasteiger charge is -2.17. The fraction of sp³-hybridized carbons (Fsp3) is 0.467. The maximum Gasteiger partial charge on any atom is 0.249 e. The molecule has 0 unspecified atom stereocenters. The Balaban J connectivity index is 1.73. The highest BCUT2D eigenvalue weighted by molar-refractivity contribution is 5.93. The van der Waals surface area contributed by atoms with Crippen LogP contribution in [0.4, 0.5) is 5.69 Å². The summed E-state index contributed by atoms with van der Waals surface area (Å²) in [6.45, 7) is 0.989. The second-order valence-electron chi connectivity index (χ2n) is 4.83. The van der Waals surface area contributed by atoms with Crippen LogP contribution < -0.4 is 10.2 Å². The molecular formula is C15H20N2O3. The highest BCUT2D eigenvalue weighted by atomic mass is 16.5. The molecule has 108 valence electrons. The molecule has 2 amide bonds. The maximum absolute atomic E-state index is 12.0. The minimum atomic E-state index is -0.336. The molecule has 0 aromatic heterocycles. The summed E-state index contributed by atoms with van der Waals surface area (Å²) < 4.78 is 5.28. The van der Waals surface area contributed by atoms with Gasteiger partial charge in [0.15, 0.2) is 0 Å². The Morgan fingerprint density at radius 2 is 2.10 bits per heavy atom. The van der Waals surface area contributed by atoms with Crippen LogP contribution in [0.15, 0.2) is 30.3 Å². The zero-order valence-corrected chi connectivity index (χ0v) is 11.7. The number of rotatable bonds is 5. The molecule has 5 nitrogen and oxygen atoms in total. The molecule has 1 fully saturated rings. The van der Waals surface area contributed by atoms with E-state index < -0.39 is 0 Å². The second-order valence-corrected chi connectivity index (χ2v) is 4.83. The molecule has 5 heteroatoms. The smallest absolute Gasteiger partial charge is 0.249 e. The van der Waals surface area contributed by atoms with Gasteiger partial charge < -0.3 is 15.0 Å². The van der Waals surface area contributed by atoms with E-state index in [1.54, 1.807) is 11.9 Å². The Labute approximate surface area is 118 Å². The number of hydrogen-bond acceptors (Lipinski definition) is 3. The molecule has 1 aliphatic rings. The first-order valence-corrected chi connectivity index (χ1v) is 6.89. The van der Waals surface area contributed by atoms with Crippen molar-refractivity contribution in [2.45, 2.75) is 25.4 Å². The van der Waals surface area contributed by atoms with Crippen LogP contribution in [0.25, 0.3) is 0 Å². The average molecular weight is 276 g/mol. The fourth-order valence-electron chi connectivity index (χ4n) is 2.15. The zero-order valence-electron chi connectivity index (χ0n) is 11.7. The lowest BCUT2D eigenvalue weighted by atomic mass is 10.2. The predicted octanol–water partition coefficient (Wildman–Crippen LogP) is 1.33. The van der Waals surface area contributed by atoms with Gasteiger partial charge in [-0.3, -0.25) is 9.59 Å². The van der Waals surface area contributed by atoms with Crippen LogP contribution in [-0.4, -0.2) is 38.1 Å². The topological polar surface area (TPSA) is 58.6 Å². The van der Waals surface area contributed by atoms with Crippen molar-refractivity contribution in [1.82, 2.24) is 5.32 Å². The number of carbonyl (C=O) groups is 2. The first kappa shape index (κ1) is 14.5. The summed E-state index contributed by atoms with van der Waals surface area (Å²) in [6.07, 6.45) is 1.64. The summed E-state index contributed by atoms with van der Waals surface area (Å²) in [5, 5.41) is 2.75. The van der Waals surface area contributed by atoms with Gasteiger partial charge in [0.05, 0.1) is 0 Å². The average Bonchev–Trinajstić information content (AvgIpc) is 3.01. The molecule has 0 bridgehead atoms. The second kappa shape index (κ2) is 7.05. The van der Waals surface area contributed by atoms with E-state index >= 15 is 0 Å². The van der Waals surface area contributed by atoms with Crippen molar-refractivity contribution in [3.05, 3.63) is 30.3 Å². The van der Waals surface area contributed by atoms with Crippen LogP contribution in [-0.2, 0) is 14.3 Å². The summed E-state index contributed by atoms with van der Waals surface area (Å²) in [4.78, 5) is 25.3. The van der Waals surface area contributed by atoms with Crippen molar-refractivity contribution >= 4 is 17.5 Å². The van der Waals surface area contributed by atoms with Crippen molar-refractivity contribution in [3.63, 3.8) is 0 Å². The summed E-state index contributed by atoms with van der Waals surface area (Å²) in [6, 6.07) is 9.44. The summed E-state index contributed by atoms with van der Waals surface area (Å²) in [7, 11) is 1.74. The highest BCUT2D eigenvalue weighted by Gasteiger charge is 2.23. The van der Waals surface area contributed by atoms with Crippen molar-refractivity contribution in [2.75, 3.05) is 25.1 Å². The van der Waals surface area contributed by atoms with Gasteiger partial charge in [-0.1, -0.05) is 18.2 Å². The molecule has 1 saturated heterocycles. The van der Waals surface area contributed by atoms with Gasteiger partial charge in [0.1, 0.15) is 6.10 Å². The van der Waals surface area contributed by atoms with Crippen molar-refractivity contribution in [2.24, 2.45) is 0 Å². The van der Waals surface area contributed by atoms with Gasteiger partial charge >= 0.3 is 0 Å². The van der Waals surface area contributed by atoms with Crippen molar-refractivity contribution in [3.8, 4) is 0 Å². The Hall–Kier alpha value is -1.88. The van der Waals surface area contributed by atoms with Crippen molar-refractivity contribution in [1.29, 1.82) is 0 Å². The third-order valence-corrected chi connectivity index (χ3v) is 3.38. The van der Waals surface area contributed by atoms with Crippen molar-refractivity contribution < 1.29 is 14.3 Å². The van der Waals surface area contributed by atoms with Gasteiger partial charge in [0, 0.05) is 32.3 Å². The van der Waals surface area contributed by atoms with E-state index in [0.717, 1.165) is 18.5 Å². The molecule has 1 heterocycles. The summed E-state index contributed by atoms with van der Waals surface area (Å²) in [5.74, 6) is -0.137. The van der Waals surface area contributed by atoms with E-state index in [2.05, 4.69) is 5.32 Å². The van der Waals surface area contributed by atoms with Gasteiger partial charge in [-0.25, -0.2) is 0 Å². The third-order valence-electron chi connectivity index (χ3n) is 3.38. The minimum Gasteiger partial charge on any atom is -0.368 e. The number of anilines is 1. The molecule has 0 spiro atoms. The number of nitrogens with one attached hydrogen (secondary N) is 1. The number of benzene rings is 1. The molecule has 1 atom stereocenters. The minimum absolute atomic E-state index is 0.0242. The fourth-order valence-corrected chi connectivity index (χ4v) is 2.15. The van der Waals surface area contributed by atoms with Crippen LogP contribution in [0.3, 0.4) is 0 Å². The molecule has 2 rings (SSSR count). The number of amides is 2. The Kier molecular flexibility index (Phi) is 5.12.